The van der Waals surface area contributed by atoms with Crippen molar-refractivity contribution < 1.29 is 42.5 Å². The molecule has 4 saturated carbocycles. The summed E-state index contributed by atoms with van der Waals surface area (Å²) in [6.45, 7) is 16.4. The topological polar surface area (TPSA) is 142 Å². The highest BCUT2D eigenvalue weighted by molar-refractivity contribution is 5.96. The van der Waals surface area contributed by atoms with Gasteiger partial charge in [-0.3, -0.25) is 14.4 Å². The lowest BCUT2D eigenvalue weighted by molar-refractivity contribution is -0.233. The molecule has 10 heteroatoms. The highest BCUT2D eigenvalue weighted by Gasteiger charge is 2.72. The Kier molecular flexibility index (Phi) is 8.78. The molecule has 272 valence electrons. The number of hydrogen-bond acceptors (Lipinski definition) is 9. The van der Waals surface area contributed by atoms with E-state index >= 15 is 0 Å². The van der Waals surface area contributed by atoms with Crippen molar-refractivity contribution >= 4 is 17.7 Å². The largest absolute Gasteiger partial charge is 0.519 e. The SMILES string of the molecule is COCO[C@H]1CC[C@@]2(C)[C@@H](CC[C@]3(C)[C@@H]2C(=O)C=C2[C@@H]4C[C@@](C)(C(=O)O)CC[C@]4(C)CC[C@]23C)[C@]1(C)C(=O)OCc1oc(=O)oc1C(C)C. The zero-order valence-corrected chi connectivity index (χ0v) is 30.9. The number of ketones is 1. The Balaban J connectivity index is 1.38. The maximum Gasteiger partial charge on any atom is 0.519 e. The molecule has 0 amide bonds. The Labute approximate surface area is 289 Å². The number of methoxy groups -OCH3 is 1. The molecule has 49 heavy (non-hydrogen) atoms. The van der Waals surface area contributed by atoms with Crippen LogP contribution >= 0.6 is 0 Å². The van der Waals surface area contributed by atoms with Crippen LogP contribution in [-0.2, 0) is 35.2 Å². The summed E-state index contributed by atoms with van der Waals surface area (Å²) in [5, 5.41) is 10.2. The molecule has 0 radical (unpaired) electrons. The predicted octanol–water partition coefficient (Wildman–Crippen LogP) is 7.43. The molecule has 0 saturated heterocycles. The Bertz CT molecular complexity index is 1600. The minimum absolute atomic E-state index is 0.0186. The first-order valence-electron chi connectivity index (χ1n) is 18.2. The summed E-state index contributed by atoms with van der Waals surface area (Å²) in [5.41, 5.74) is -2.01. The normalized spacial score (nSPS) is 43.1. The van der Waals surface area contributed by atoms with E-state index in [1.165, 1.54) is 0 Å². The number of esters is 1. The molecular formula is C39H56O10. The van der Waals surface area contributed by atoms with Gasteiger partial charge in [0.15, 0.2) is 23.9 Å². The number of rotatable bonds is 8. The highest BCUT2D eigenvalue weighted by atomic mass is 16.7. The minimum Gasteiger partial charge on any atom is -0.481 e. The van der Waals surface area contributed by atoms with Crippen molar-refractivity contribution in [1.29, 1.82) is 0 Å². The number of ether oxygens (including phenoxy) is 3. The lowest BCUT2D eigenvalue weighted by atomic mass is 9.33. The van der Waals surface area contributed by atoms with Crippen molar-refractivity contribution in [2.24, 2.45) is 50.2 Å². The van der Waals surface area contributed by atoms with Crippen molar-refractivity contribution in [3.63, 3.8) is 0 Å². The van der Waals surface area contributed by atoms with Crippen LogP contribution in [0.4, 0.5) is 0 Å². The lowest BCUT2D eigenvalue weighted by Gasteiger charge is -2.70. The Morgan fingerprint density at radius 3 is 2.31 bits per heavy atom. The van der Waals surface area contributed by atoms with Crippen LogP contribution in [0.2, 0.25) is 0 Å². The number of carbonyl (C=O) groups excluding carboxylic acids is 2. The third-order valence-electron chi connectivity index (χ3n) is 15.1. The van der Waals surface area contributed by atoms with Crippen LogP contribution in [0.1, 0.15) is 131 Å². The monoisotopic (exact) mass is 684 g/mol. The van der Waals surface area contributed by atoms with Crippen LogP contribution < -0.4 is 5.82 Å². The summed E-state index contributed by atoms with van der Waals surface area (Å²) in [7, 11) is 1.55. The molecule has 0 bridgehead atoms. The number of hydrogen-bond donors (Lipinski definition) is 1. The molecule has 1 N–H and O–H groups in total. The zero-order valence-electron chi connectivity index (χ0n) is 30.9. The smallest absolute Gasteiger partial charge is 0.481 e. The predicted molar refractivity (Wildman–Crippen MR) is 179 cm³/mol. The number of carboxylic acids is 1. The van der Waals surface area contributed by atoms with Gasteiger partial charge in [-0.1, -0.05) is 47.1 Å². The summed E-state index contributed by atoms with van der Waals surface area (Å²) < 4.78 is 28.0. The van der Waals surface area contributed by atoms with Gasteiger partial charge in [0.2, 0.25) is 0 Å². The number of carbonyl (C=O) groups is 3. The van der Waals surface area contributed by atoms with Crippen molar-refractivity contribution in [3.8, 4) is 0 Å². The average Bonchev–Trinajstić information content (AvgIpc) is 3.41. The molecule has 0 aliphatic heterocycles. The summed E-state index contributed by atoms with van der Waals surface area (Å²) in [5.74, 6) is -2.07. The van der Waals surface area contributed by atoms with Gasteiger partial charge in [-0.15, -0.1) is 0 Å². The van der Waals surface area contributed by atoms with Gasteiger partial charge < -0.3 is 28.2 Å². The average molecular weight is 685 g/mol. The van der Waals surface area contributed by atoms with Crippen LogP contribution in [-0.4, -0.2) is 42.8 Å². The molecule has 10 atom stereocenters. The van der Waals surface area contributed by atoms with E-state index in [1.54, 1.807) is 7.11 Å². The lowest BCUT2D eigenvalue weighted by Crippen LogP contribution is -2.68. The Morgan fingerprint density at radius 2 is 1.65 bits per heavy atom. The molecule has 6 rings (SSSR count). The maximum absolute atomic E-state index is 14.8. The second kappa shape index (κ2) is 11.9. The maximum atomic E-state index is 14.8. The number of allylic oxidation sites excluding steroid dienone is 2. The second-order valence-corrected chi connectivity index (χ2v) is 17.9. The minimum atomic E-state index is -1.11. The van der Waals surface area contributed by atoms with Crippen molar-refractivity contribution in [3.05, 3.63) is 33.8 Å². The molecule has 4 fully saturated rings. The molecule has 1 aromatic heterocycles. The summed E-state index contributed by atoms with van der Waals surface area (Å²) in [6, 6.07) is 0. The fraction of sp³-hybridized carbons (Fsp3) is 0.795. The molecule has 1 aromatic rings. The Morgan fingerprint density at radius 1 is 0.959 bits per heavy atom. The van der Waals surface area contributed by atoms with E-state index in [4.69, 9.17) is 23.0 Å². The van der Waals surface area contributed by atoms with E-state index in [0.717, 1.165) is 31.3 Å². The molecule has 10 nitrogen and oxygen atoms in total. The molecule has 5 aliphatic carbocycles. The summed E-state index contributed by atoms with van der Waals surface area (Å²) in [4.78, 5) is 53.6. The van der Waals surface area contributed by atoms with Crippen LogP contribution in [0.15, 0.2) is 25.3 Å². The molecule has 0 spiro atoms. The van der Waals surface area contributed by atoms with Gasteiger partial charge in [-0.25, -0.2) is 4.79 Å². The number of carboxylic acid groups (broad SMARTS) is 1. The third-order valence-corrected chi connectivity index (χ3v) is 15.1. The van der Waals surface area contributed by atoms with Gasteiger partial charge in [0.1, 0.15) is 6.79 Å². The molecule has 0 aromatic carbocycles. The van der Waals surface area contributed by atoms with E-state index in [0.29, 0.717) is 37.9 Å². The molecule has 1 heterocycles. The van der Waals surface area contributed by atoms with E-state index in [9.17, 15) is 24.3 Å². The quantitative estimate of drug-likeness (QED) is 0.217. The van der Waals surface area contributed by atoms with Gasteiger partial charge in [0, 0.05) is 18.9 Å². The van der Waals surface area contributed by atoms with Gasteiger partial charge in [-0.2, -0.15) is 0 Å². The summed E-state index contributed by atoms with van der Waals surface area (Å²) >= 11 is 0. The van der Waals surface area contributed by atoms with Gasteiger partial charge in [0.05, 0.1) is 16.9 Å². The second-order valence-electron chi connectivity index (χ2n) is 17.9. The zero-order chi connectivity index (χ0) is 35.9. The van der Waals surface area contributed by atoms with Crippen LogP contribution in [0.25, 0.3) is 0 Å². The van der Waals surface area contributed by atoms with Crippen LogP contribution in [0, 0.1) is 50.2 Å². The molecule has 0 unspecified atom stereocenters. The van der Waals surface area contributed by atoms with E-state index in [1.807, 2.05) is 33.8 Å². The Hall–Kier alpha value is -2.72. The van der Waals surface area contributed by atoms with Gasteiger partial charge in [-0.05, 0) is 111 Å². The van der Waals surface area contributed by atoms with E-state index < -0.39 is 40.1 Å². The first-order valence-corrected chi connectivity index (χ1v) is 18.2. The first-order chi connectivity index (χ1) is 22.8. The highest BCUT2D eigenvalue weighted by Crippen LogP contribution is 2.75. The standard InChI is InChI=1S/C39H56O10/c1-22(2)29-26(48-33(44)49-29)20-46-32(43)39(8)27-10-13-38(7)30(36(27,5)12-11-28(39)47-21-45-9)25(40)18-23-24-19-35(4,31(41)42)15-14-34(24,3)16-17-37(23,38)6/h18,22,24,27-28,30H,10-17,19-21H2,1-9H3,(H,41,42)/t24-,27+,28-,30+,34+,35-,36-,37+,38+,39-/m0/s1. The number of fused-ring (bicyclic) bond motifs is 7. The fourth-order valence-corrected chi connectivity index (χ4v) is 11.9. The van der Waals surface area contributed by atoms with E-state index in [-0.39, 0.29) is 64.9 Å². The van der Waals surface area contributed by atoms with Gasteiger partial charge >= 0.3 is 17.8 Å². The fourth-order valence-electron chi connectivity index (χ4n) is 11.9. The number of aliphatic carboxylic acids is 1. The van der Waals surface area contributed by atoms with Crippen molar-refractivity contribution in [2.45, 2.75) is 132 Å². The first kappa shape index (κ1) is 36.1. The van der Waals surface area contributed by atoms with Crippen LogP contribution in [0.5, 0.6) is 0 Å². The molecule has 5 aliphatic rings. The third kappa shape index (κ3) is 5.15. The van der Waals surface area contributed by atoms with Crippen molar-refractivity contribution in [1.82, 2.24) is 0 Å². The van der Waals surface area contributed by atoms with Crippen molar-refractivity contribution in [2.75, 3.05) is 13.9 Å². The summed E-state index contributed by atoms with van der Waals surface area (Å²) in [6.07, 6.45) is 8.09. The molecular weight excluding hydrogens is 628 g/mol. The van der Waals surface area contributed by atoms with Gasteiger partial charge in [0.25, 0.3) is 0 Å². The van der Waals surface area contributed by atoms with Crippen LogP contribution in [0.3, 0.4) is 0 Å². The van der Waals surface area contributed by atoms with E-state index in [2.05, 4.69) is 27.7 Å².